The van der Waals surface area contributed by atoms with Crippen LogP contribution in [0.2, 0.25) is 0 Å². The number of hydrogen-bond acceptors (Lipinski definition) is 6. The predicted molar refractivity (Wildman–Crippen MR) is 122 cm³/mol. The number of carboxylic acid groups (broad SMARTS) is 1. The molecule has 2 unspecified atom stereocenters. The summed E-state index contributed by atoms with van der Waals surface area (Å²) in [6.45, 7) is 5.52. The number of aliphatic carboxylic acids is 1. The van der Waals surface area contributed by atoms with Crippen molar-refractivity contribution >= 4 is 33.7 Å². The summed E-state index contributed by atoms with van der Waals surface area (Å²) >= 11 is 3.34. The fourth-order valence-corrected chi connectivity index (χ4v) is 4.40. The van der Waals surface area contributed by atoms with Crippen molar-refractivity contribution in [2.45, 2.75) is 57.7 Å². The Morgan fingerprint density at radius 3 is 2.48 bits per heavy atom. The van der Waals surface area contributed by atoms with Crippen molar-refractivity contribution in [3.8, 4) is 0 Å². The molecule has 9 nitrogen and oxygen atoms in total. The number of likely N-dealkylation sites (tertiary alicyclic amines) is 1. The van der Waals surface area contributed by atoms with Crippen LogP contribution >= 0.6 is 15.9 Å². The van der Waals surface area contributed by atoms with Gasteiger partial charge in [-0.05, 0) is 30.5 Å². The minimum absolute atomic E-state index is 0.00907. The predicted octanol–water partition coefficient (Wildman–Crippen LogP) is 2.78. The number of carboxylic acids is 1. The lowest BCUT2D eigenvalue weighted by atomic mass is 9.91. The van der Waals surface area contributed by atoms with Crippen molar-refractivity contribution in [2.24, 2.45) is 5.92 Å². The molecule has 0 bridgehead atoms. The first-order valence-electron chi connectivity index (χ1n) is 10.8. The smallest absolute Gasteiger partial charge is 0.305 e. The van der Waals surface area contributed by atoms with E-state index in [-0.39, 0.29) is 31.2 Å². The quantitative estimate of drug-likeness (QED) is 0.486. The van der Waals surface area contributed by atoms with Crippen LogP contribution in [0, 0.1) is 12.8 Å². The molecule has 3 N–H and O–H groups in total. The number of carbonyl (C=O) groups is 3. The van der Waals surface area contributed by atoms with Crippen LogP contribution in [0.4, 0.5) is 0 Å². The lowest BCUT2D eigenvalue weighted by molar-refractivity contribution is -0.142. The van der Waals surface area contributed by atoms with E-state index in [1.807, 2.05) is 13.8 Å². The average molecular weight is 522 g/mol. The number of aliphatic hydroxyl groups excluding tert-OH is 1. The number of benzene rings is 1. The number of amides is 2. The van der Waals surface area contributed by atoms with Crippen LogP contribution < -0.4 is 5.32 Å². The Hall–Kier alpha value is -2.72. The molecular formula is C23H28BrN3O6. The largest absolute Gasteiger partial charge is 0.481 e. The van der Waals surface area contributed by atoms with Gasteiger partial charge in [0.15, 0.2) is 0 Å². The molecule has 4 atom stereocenters. The molecule has 0 saturated carbocycles. The van der Waals surface area contributed by atoms with Gasteiger partial charge in [0.1, 0.15) is 17.7 Å². The van der Waals surface area contributed by atoms with E-state index in [1.165, 1.54) is 4.90 Å². The minimum atomic E-state index is -1.07. The summed E-state index contributed by atoms with van der Waals surface area (Å²) in [4.78, 5) is 39.5. The Kier molecular flexibility index (Phi) is 7.91. The topological polar surface area (TPSA) is 133 Å². The van der Waals surface area contributed by atoms with E-state index in [0.717, 1.165) is 4.47 Å². The van der Waals surface area contributed by atoms with Gasteiger partial charge < -0.3 is 25.0 Å². The first-order valence-corrected chi connectivity index (χ1v) is 11.6. The van der Waals surface area contributed by atoms with Crippen LogP contribution in [0.3, 0.4) is 0 Å². The molecule has 1 aliphatic heterocycles. The second-order valence-electron chi connectivity index (χ2n) is 8.70. The zero-order valence-electron chi connectivity index (χ0n) is 18.7. The van der Waals surface area contributed by atoms with E-state index in [9.17, 15) is 24.6 Å². The Morgan fingerprint density at radius 1 is 1.27 bits per heavy atom. The third-order valence-corrected chi connectivity index (χ3v) is 6.25. The zero-order chi connectivity index (χ0) is 24.3. The molecule has 1 fully saturated rings. The second kappa shape index (κ2) is 10.5. The molecule has 0 radical (unpaired) electrons. The Labute approximate surface area is 200 Å². The molecular weight excluding hydrogens is 494 g/mol. The highest BCUT2D eigenvalue weighted by atomic mass is 79.9. The van der Waals surface area contributed by atoms with Gasteiger partial charge in [-0.2, -0.15) is 0 Å². The van der Waals surface area contributed by atoms with Crippen molar-refractivity contribution in [1.29, 1.82) is 0 Å². The molecule has 178 valence electrons. The summed E-state index contributed by atoms with van der Waals surface area (Å²) in [6.07, 6.45) is -1.11. The molecule has 1 aliphatic rings. The molecule has 1 aromatic heterocycles. The van der Waals surface area contributed by atoms with Crippen molar-refractivity contribution in [3.63, 3.8) is 0 Å². The highest BCUT2D eigenvalue weighted by molar-refractivity contribution is 9.10. The lowest BCUT2D eigenvalue weighted by Crippen LogP contribution is -2.49. The summed E-state index contributed by atoms with van der Waals surface area (Å²) in [5.74, 6) is -2.29. The molecule has 2 amide bonds. The maximum Gasteiger partial charge on any atom is 0.305 e. The number of aromatic nitrogens is 1. The zero-order valence-corrected chi connectivity index (χ0v) is 20.3. The summed E-state index contributed by atoms with van der Waals surface area (Å²) in [5, 5.41) is 26.3. The average Bonchev–Trinajstić information content (AvgIpc) is 3.33. The molecule has 1 saturated heterocycles. The maximum absolute atomic E-state index is 13.5. The van der Waals surface area contributed by atoms with Gasteiger partial charge in [0.2, 0.25) is 11.8 Å². The standard InChI is InChI=1S/C23H28BrN3O6/c1-12(2)21(19-8-13(3)26-33-19)23(32)27-11-16(28)9-18(27)22(31)25-17(10-20(29)30)14-4-6-15(24)7-5-14/h4-8,12,16-18,21,28H,9-11H2,1-3H3,(H,25,31)(H,29,30)/t16-,17?,18+,21?/m1/s1. The number of rotatable bonds is 8. The molecule has 0 spiro atoms. The monoisotopic (exact) mass is 521 g/mol. The van der Waals surface area contributed by atoms with E-state index in [2.05, 4.69) is 26.4 Å². The minimum Gasteiger partial charge on any atom is -0.481 e. The number of β-amino-alcohol motifs (C(OH)–C–C–N with tert-alkyl or cyclic N) is 1. The number of carbonyl (C=O) groups excluding carboxylic acids is 2. The van der Waals surface area contributed by atoms with Crippen molar-refractivity contribution in [1.82, 2.24) is 15.4 Å². The SMILES string of the molecule is Cc1cc(C(C(=O)N2C[C@H](O)C[C@H]2C(=O)NC(CC(=O)O)c2ccc(Br)cc2)C(C)C)on1. The highest BCUT2D eigenvalue weighted by Crippen LogP contribution is 2.31. The van der Waals surface area contributed by atoms with E-state index >= 15 is 0 Å². The van der Waals surface area contributed by atoms with Gasteiger partial charge in [0.05, 0.1) is 24.3 Å². The van der Waals surface area contributed by atoms with Crippen LogP contribution in [-0.4, -0.2) is 56.7 Å². The second-order valence-corrected chi connectivity index (χ2v) is 9.61. The van der Waals surface area contributed by atoms with Gasteiger partial charge in [0.25, 0.3) is 0 Å². The fourth-order valence-electron chi connectivity index (χ4n) is 4.14. The van der Waals surface area contributed by atoms with E-state index < -0.39 is 36.0 Å². The summed E-state index contributed by atoms with van der Waals surface area (Å²) in [6, 6.07) is 6.97. The van der Waals surface area contributed by atoms with Crippen molar-refractivity contribution in [3.05, 3.63) is 51.8 Å². The summed E-state index contributed by atoms with van der Waals surface area (Å²) < 4.78 is 6.16. The van der Waals surface area contributed by atoms with Gasteiger partial charge in [-0.15, -0.1) is 0 Å². The molecule has 2 aromatic rings. The number of halogens is 1. The van der Waals surface area contributed by atoms with Crippen LogP contribution in [0.25, 0.3) is 0 Å². The van der Waals surface area contributed by atoms with Crippen LogP contribution in [0.5, 0.6) is 0 Å². The van der Waals surface area contributed by atoms with Crippen LogP contribution in [-0.2, 0) is 14.4 Å². The van der Waals surface area contributed by atoms with E-state index in [0.29, 0.717) is 17.0 Å². The van der Waals surface area contributed by atoms with Gasteiger partial charge in [-0.1, -0.05) is 47.1 Å². The molecule has 2 heterocycles. The summed E-state index contributed by atoms with van der Waals surface area (Å²) in [7, 11) is 0. The van der Waals surface area contributed by atoms with Gasteiger partial charge in [0, 0.05) is 23.5 Å². The fraction of sp³-hybridized carbons (Fsp3) is 0.478. The molecule has 0 aliphatic carbocycles. The van der Waals surface area contributed by atoms with Gasteiger partial charge in [-0.3, -0.25) is 14.4 Å². The van der Waals surface area contributed by atoms with Gasteiger partial charge >= 0.3 is 5.97 Å². The highest BCUT2D eigenvalue weighted by Gasteiger charge is 2.43. The number of nitrogens with zero attached hydrogens (tertiary/aromatic N) is 2. The third-order valence-electron chi connectivity index (χ3n) is 5.72. The number of nitrogens with one attached hydrogen (secondary N) is 1. The Balaban J connectivity index is 1.83. The molecule has 3 rings (SSSR count). The number of aryl methyl sites for hydroxylation is 1. The Morgan fingerprint density at radius 2 is 1.94 bits per heavy atom. The van der Waals surface area contributed by atoms with Crippen molar-refractivity contribution in [2.75, 3.05) is 6.54 Å². The maximum atomic E-state index is 13.5. The molecule has 10 heteroatoms. The van der Waals surface area contributed by atoms with E-state index in [1.54, 1.807) is 37.3 Å². The third kappa shape index (κ3) is 6.00. The number of aliphatic hydroxyl groups is 1. The summed E-state index contributed by atoms with van der Waals surface area (Å²) in [5.41, 5.74) is 1.27. The first-order chi connectivity index (χ1) is 15.6. The Bertz CT molecular complexity index is 1010. The number of hydrogen-bond donors (Lipinski definition) is 3. The lowest BCUT2D eigenvalue weighted by Gasteiger charge is -2.29. The van der Waals surface area contributed by atoms with Crippen molar-refractivity contribution < 1.29 is 29.1 Å². The molecule has 1 aromatic carbocycles. The van der Waals surface area contributed by atoms with Gasteiger partial charge in [-0.25, -0.2) is 0 Å². The van der Waals surface area contributed by atoms with Crippen LogP contribution in [0.15, 0.2) is 39.3 Å². The van der Waals surface area contributed by atoms with Crippen LogP contribution in [0.1, 0.15) is 55.7 Å². The van der Waals surface area contributed by atoms with E-state index in [4.69, 9.17) is 4.52 Å². The molecule has 33 heavy (non-hydrogen) atoms. The normalized spacial score (nSPS) is 20.0. The first kappa shape index (κ1) is 24.9.